The van der Waals surface area contributed by atoms with Crippen molar-refractivity contribution in [1.29, 1.82) is 0 Å². The molecular formula is C20H22N4O2. The lowest BCUT2D eigenvalue weighted by molar-refractivity contribution is -0.130. The van der Waals surface area contributed by atoms with Crippen molar-refractivity contribution in [2.45, 2.75) is 26.2 Å². The Kier molecular flexibility index (Phi) is 4.11. The molecule has 1 N–H and O–H groups in total. The molecular weight excluding hydrogens is 328 g/mol. The number of aromatic nitrogens is 3. The molecule has 4 rings (SSSR count). The fourth-order valence-corrected chi connectivity index (χ4v) is 3.67. The Balaban J connectivity index is 1.54. The Morgan fingerprint density at radius 3 is 2.85 bits per heavy atom. The average Bonchev–Trinajstić information content (AvgIpc) is 2.91. The summed E-state index contributed by atoms with van der Waals surface area (Å²) >= 11 is 0. The summed E-state index contributed by atoms with van der Waals surface area (Å²) in [5.74, 6) is 0.809. The van der Waals surface area contributed by atoms with Gasteiger partial charge in [0, 0.05) is 49.2 Å². The van der Waals surface area contributed by atoms with Gasteiger partial charge in [-0.25, -0.2) is 4.98 Å². The van der Waals surface area contributed by atoms with E-state index >= 15 is 0 Å². The Hall–Kier alpha value is -2.89. The van der Waals surface area contributed by atoms with Crippen LogP contribution in [0.5, 0.6) is 0 Å². The fraction of sp³-hybridized carbons (Fsp3) is 0.350. The minimum absolute atomic E-state index is 0.0124. The number of hydrogen-bond acceptors (Lipinski definition) is 3. The van der Waals surface area contributed by atoms with Crippen LogP contribution in [-0.2, 0) is 31.1 Å². The van der Waals surface area contributed by atoms with Crippen LogP contribution in [-0.4, -0.2) is 38.4 Å². The zero-order valence-corrected chi connectivity index (χ0v) is 15.1. The number of carbonyl (C=O) groups excluding carboxylic acids is 1. The van der Waals surface area contributed by atoms with Crippen LogP contribution in [0.2, 0.25) is 0 Å². The van der Waals surface area contributed by atoms with Gasteiger partial charge >= 0.3 is 0 Å². The smallest absolute Gasteiger partial charge is 0.256 e. The largest absolute Gasteiger partial charge is 0.361 e. The van der Waals surface area contributed by atoms with Gasteiger partial charge in [0.25, 0.3) is 5.56 Å². The Morgan fingerprint density at radius 2 is 2.00 bits per heavy atom. The highest BCUT2D eigenvalue weighted by Gasteiger charge is 2.23. The van der Waals surface area contributed by atoms with Gasteiger partial charge in [-0.2, -0.15) is 0 Å². The highest BCUT2D eigenvalue weighted by molar-refractivity contribution is 5.88. The molecule has 1 aromatic carbocycles. The second kappa shape index (κ2) is 6.44. The number of para-hydroxylation sites is 1. The third-order valence-corrected chi connectivity index (χ3v) is 5.31. The predicted molar refractivity (Wildman–Crippen MR) is 100 cm³/mol. The number of benzene rings is 1. The summed E-state index contributed by atoms with van der Waals surface area (Å²) in [6.07, 6.45) is 3.47. The average molecular weight is 350 g/mol. The summed E-state index contributed by atoms with van der Waals surface area (Å²) in [5, 5.41) is 1.09. The maximum Gasteiger partial charge on any atom is 0.256 e. The first kappa shape index (κ1) is 16.6. The van der Waals surface area contributed by atoms with Crippen LogP contribution in [0.15, 0.2) is 35.3 Å². The lowest BCUT2D eigenvalue weighted by Gasteiger charge is -2.20. The van der Waals surface area contributed by atoms with E-state index in [2.05, 4.69) is 9.97 Å². The molecule has 1 amide bonds. The molecule has 6 heteroatoms. The van der Waals surface area contributed by atoms with E-state index in [4.69, 9.17) is 0 Å². The van der Waals surface area contributed by atoms with Gasteiger partial charge in [0.1, 0.15) is 5.82 Å². The van der Waals surface area contributed by atoms with Crippen LogP contribution in [0.4, 0.5) is 0 Å². The molecule has 0 unspecified atom stereocenters. The summed E-state index contributed by atoms with van der Waals surface area (Å²) in [6.45, 7) is 3.01. The van der Waals surface area contributed by atoms with Crippen molar-refractivity contribution in [2.75, 3.05) is 13.1 Å². The summed E-state index contributed by atoms with van der Waals surface area (Å²) in [6, 6.07) is 8.00. The van der Waals surface area contributed by atoms with E-state index in [1.54, 1.807) is 11.6 Å². The number of H-pyrrole nitrogens is 1. The summed E-state index contributed by atoms with van der Waals surface area (Å²) in [4.78, 5) is 35.0. The number of carbonyl (C=O) groups is 1. The van der Waals surface area contributed by atoms with E-state index in [9.17, 15) is 9.59 Å². The third kappa shape index (κ3) is 2.81. The number of amides is 1. The summed E-state index contributed by atoms with van der Waals surface area (Å²) < 4.78 is 1.59. The van der Waals surface area contributed by atoms with E-state index < -0.39 is 0 Å². The van der Waals surface area contributed by atoms with Crippen LogP contribution in [0.25, 0.3) is 10.9 Å². The maximum absolute atomic E-state index is 12.8. The first-order chi connectivity index (χ1) is 12.5. The second-order valence-corrected chi connectivity index (χ2v) is 6.87. The standard InChI is InChI=1S/C20H22N4O2/c1-13-22-18-8-10-24(9-7-16(18)20(26)23(13)2)19(25)11-14-12-21-17-6-4-3-5-15(14)17/h3-6,12,21H,7-11H2,1-2H3. The Morgan fingerprint density at radius 1 is 1.23 bits per heavy atom. The second-order valence-electron chi connectivity index (χ2n) is 6.87. The fourth-order valence-electron chi connectivity index (χ4n) is 3.67. The first-order valence-electron chi connectivity index (χ1n) is 8.92. The van der Waals surface area contributed by atoms with Crippen LogP contribution in [0, 0.1) is 6.92 Å². The minimum Gasteiger partial charge on any atom is -0.361 e. The van der Waals surface area contributed by atoms with Gasteiger partial charge < -0.3 is 9.88 Å². The van der Waals surface area contributed by atoms with Crippen LogP contribution in [0.3, 0.4) is 0 Å². The number of aryl methyl sites for hydroxylation is 1. The molecule has 0 aliphatic carbocycles. The lowest BCUT2D eigenvalue weighted by atomic mass is 10.1. The number of nitrogens with zero attached hydrogens (tertiary/aromatic N) is 3. The monoisotopic (exact) mass is 350 g/mol. The number of hydrogen-bond donors (Lipinski definition) is 1. The van der Waals surface area contributed by atoms with Crippen LogP contribution in [0.1, 0.15) is 22.6 Å². The molecule has 0 bridgehead atoms. The van der Waals surface area contributed by atoms with Crippen molar-refractivity contribution in [2.24, 2.45) is 7.05 Å². The number of rotatable bonds is 2. The van der Waals surface area contributed by atoms with Crippen LogP contribution >= 0.6 is 0 Å². The number of nitrogens with one attached hydrogen (secondary N) is 1. The van der Waals surface area contributed by atoms with E-state index in [0.29, 0.717) is 38.2 Å². The topological polar surface area (TPSA) is 71.0 Å². The van der Waals surface area contributed by atoms with Gasteiger partial charge in [-0.15, -0.1) is 0 Å². The number of fused-ring (bicyclic) bond motifs is 2. The van der Waals surface area contributed by atoms with Gasteiger partial charge in [0.15, 0.2) is 0 Å². The quantitative estimate of drug-likeness (QED) is 0.765. The van der Waals surface area contributed by atoms with Gasteiger partial charge in [0.2, 0.25) is 5.91 Å². The molecule has 26 heavy (non-hydrogen) atoms. The molecule has 0 saturated heterocycles. The number of aromatic amines is 1. The SMILES string of the molecule is Cc1nc2c(c(=O)n1C)CCN(C(=O)Cc1c[nH]c3ccccc13)CC2. The van der Waals surface area contributed by atoms with Gasteiger partial charge in [-0.1, -0.05) is 18.2 Å². The van der Waals surface area contributed by atoms with Gasteiger partial charge in [-0.05, 0) is 25.0 Å². The van der Waals surface area contributed by atoms with Crippen molar-refractivity contribution in [3.63, 3.8) is 0 Å². The third-order valence-electron chi connectivity index (χ3n) is 5.31. The molecule has 3 aromatic rings. The maximum atomic E-state index is 12.8. The summed E-state index contributed by atoms with van der Waals surface area (Å²) in [7, 11) is 1.75. The predicted octanol–water partition coefficient (Wildman–Crippen LogP) is 1.74. The van der Waals surface area contributed by atoms with E-state index in [1.807, 2.05) is 42.3 Å². The molecule has 6 nitrogen and oxygen atoms in total. The molecule has 0 spiro atoms. The molecule has 0 fully saturated rings. The van der Waals surface area contributed by atoms with E-state index in [0.717, 1.165) is 27.7 Å². The van der Waals surface area contributed by atoms with Crippen molar-refractivity contribution < 1.29 is 4.79 Å². The zero-order valence-electron chi connectivity index (χ0n) is 15.1. The van der Waals surface area contributed by atoms with E-state index in [-0.39, 0.29) is 11.5 Å². The molecule has 0 atom stereocenters. The molecule has 1 aliphatic rings. The molecule has 0 radical (unpaired) electrons. The molecule has 0 saturated carbocycles. The van der Waals surface area contributed by atoms with Crippen LogP contribution < -0.4 is 5.56 Å². The molecule has 134 valence electrons. The minimum atomic E-state index is 0.0124. The highest BCUT2D eigenvalue weighted by Crippen LogP contribution is 2.19. The first-order valence-corrected chi connectivity index (χ1v) is 8.92. The summed E-state index contributed by atoms with van der Waals surface area (Å²) in [5.41, 5.74) is 3.66. The van der Waals surface area contributed by atoms with Crippen molar-refractivity contribution in [1.82, 2.24) is 19.4 Å². The van der Waals surface area contributed by atoms with E-state index in [1.165, 1.54) is 0 Å². The highest BCUT2D eigenvalue weighted by atomic mass is 16.2. The Labute approximate surface area is 151 Å². The van der Waals surface area contributed by atoms with Crippen molar-refractivity contribution >= 4 is 16.8 Å². The Bertz CT molecular complexity index is 1050. The van der Waals surface area contributed by atoms with Crippen molar-refractivity contribution in [3.05, 3.63) is 63.5 Å². The molecule has 1 aliphatic heterocycles. The lowest BCUT2D eigenvalue weighted by Crippen LogP contribution is -2.34. The normalized spacial score (nSPS) is 14.3. The zero-order chi connectivity index (χ0) is 18.3. The van der Waals surface area contributed by atoms with Crippen molar-refractivity contribution in [3.8, 4) is 0 Å². The molecule has 2 aromatic heterocycles. The van der Waals surface area contributed by atoms with Gasteiger partial charge in [-0.3, -0.25) is 14.2 Å². The van der Waals surface area contributed by atoms with Gasteiger partial charge in [0.05, 0.1) is 12.1 Å². The molecule has 3 heterocycles.